The summed E-state index contributed by atoms with van der Waals surface area (Å²) in [7, 11) is -2.26. The van der Waals surface area contributed by atoms with Gasteiger partial charge in [0.2, 0.25) is 0 Å². The number of hydrogen-bond donors (Lipinski definition) is 1. The van der Waals surface area contributed by atoms with Crippen molar-refractivity contribution in [3.8, 4) is 11.5 Å². The number of amides is 1. The van der Waals surface area contributed by atoms with E-state index in [9.17, 15) is 13.2 Å². The Morgan fingerprint density at radius 1 is 1.00 bits per heavy atom. The summed E-state index contributed by atoms with van der Waals surface area (Å²) in [5, 5.41) is 5.40. The van der Waals surface area contributed by atoms with Gasteiger partial charge in [-0.1, -0.05) is 36.4 Å². The zero-order valence-corrected chi connectivity index (χ0v) is 20.5. The molecule has 4 aromatic rings. The fourth-order valence-electron chi connectivity index (χ4n) is 3.80. The maximum absolute atomic E-state index is 13.6. The Kier molecular flexibility index (Phi) is 7.19. The van der Waals surface area contributed by atoms with E-state index >= 15 is 0 Å². The fourth-order valence-corrected chi connectivity index (χ4v) is 6.59. The Labute approximate surface area is 203 Å². The van der Waals surface area contributed by atoms with Crippen LogP contribution in [0.15, 0.2) is 83.1 Å². The van der Waals surface area contributed by atoms with Gasteiger partial charge >= 0.3 is 0 Å². The van der Waals surface area contributed by atoms with E-state index in [0.29, 0.717) is 28.5 Å². The van der Waals surface area contributed by atoms with Crippen LogP contribution in [-0.2, 0) is 9.84 Å². The van der Waals surface area contributed by atoms with Crippen molar-refractivity contribution in [2.75, 3.05) is 20.3 Å². The van der Waals surface area contributed by atoms with Crippen LogP contribution in [0.5, 0.6) is 11.5 Å². The number of rotatable bonds is 9. The topological polar surface area (TPSA) is 81.7 Å². The first-order valence-corrected chi connectivity index (χ1v) is 13.2. The summed E-state index contributed by atoms with van der Waals surface area (Å²) >= 11 is 1.34. The molecule has 0 saturated carbocycles. The summed E-state index contributed by atoms with van der Waals surface area (Å²) in [4.78, 5) is 14.2. The Bertz CT molecular complexity index is 1380. The molecule has 0 fully saturated rings. The van der Waals surface area contributed by atoms with E-state index in [2.05, 4.69) is 5.32 Å². The summed E-state index contributed by atoms with van der Waals surface area (Å²) in [6.45, 7) is 2.18. The summed E-state index contributed by atoms with van der Waals surface area (Å²) in [5.41, 5.74) is 0.395. The summed E-state index contributed by atoms with van der Waals surface area (Å²) < 4.78 is 38.0. The molecular formula is C26H25NO5S2. The van der Waals surface area contributed by atoms with Crippen LogP contribution in [0.4, 0.5) is 0 Å². The predicted molar refractivity (Wildman–Crippen MR) is 135 cm³/mol. The number of fused-ring (bicyclic) bond motifs is 1. The van der Waals surface area contributed by atoms with E-state index in [1.165, 1.54) is 30.6 Å². The van der Waals surface area contributed by atoms with E-state index in [0.717, 1.165) is 10.8 Å². The van der Waals surface area contributed by atoms with Crippen LogP contribution < -0.4 is 14.8 Å². The molecule has 0 aliphatic heterocycles. The number of nitrogens with one attached hydrogen (secondary N) is 1. The van der Waals surface area contributed by atoms with Crippen molar-refractivity contribution in [3.63, 3.8) is 0 Å². The zero-order valence-electron chi connectivity index (χ0n) is 18.9. The van der Waals surface area contributed by atoms with Crippen LogP contribution in [-0.4, -0.2) is 34.6 Å². The van der Waals surface area contributed by atoms with Crippen molar-refractivity contribution in [2.45, 2.75) is 17.1 Å². The van der Waals surface area contributed by atoms with Gasteiger partial charge in [0.25, 0.3) is 5.91 Å². The number of thiophene rings is 1. The van der Waals surface area contributed by atoms with Gasteiger partial charge in [-0.05, 0) is 59.5 Å². The highest BCUT2D eigenvalue weighted by Crippen LogP contribution is 2.33. The second-order valence-corrected chi connectivity index (χ2v) is 10.6. The van der Waals surface area contributed by atoms with Crippen molar-refractivity contribution in [1.29, 1.82) is 0 Å². The third-order valence-corrected chi connectivity index (χ3v) is 8.72. The summed E-state index contributed by atoms with van der Waals surface area (Å²) in [5.74, 6) is 0.649. The van der Waals surface area contributed by atoms with Gasteiger partial charge in [-0.15, -0.1) is 11.3 Å². The monoisotopic (exact) mass is 495 g/mol. The van der Waals surface area contributed by atoms with Gasteiger partial charge in [-0.25, -0.2) is 8.42 Å². The van der Waals surface area contributed by atoms with Crippen LogP contribution in [0.3, 0.4) is 0 Å². The number of ether oxygens (including phenoxy) is 2. The molecule has 0 unspecified atom stereocenters. The molecule has 0 saturated heterocycles. The number of hydrogen-bond acceptors (Lipinski definition) is 6. The number of sulfone groups is 1. The molecule has 8 heteroatoms. The van der Waals surface area contributed by atoms with Crippen LogP contribution in [0.2, 0.25) is 0 Å². The Balaban J connectivity index is 1.67. The molecule has 0 aliphatic rings. The summed E-state index contributed by atoms with van der Waals surface area (Å²) in [6.07, 6.45) is 0. The quantitative estimate of drug-likeness (QED) is 0.343. The Hall–Kier alpha value is -3.36. The van der Waals surface area contributed by atoms with E-state index in [4.69, 9.17) is 9.47 Å². The molecule has 176 valence electrons. The van der Waals surface area contributed by atoms with E-state index in [-0.39, 0.29) is 17.3 Å². The Morgan fingerprint density at radius 3 is 2.44 bits per heavy atom. The first-order chi connectivity index (χ1) is 16.5. The van der Waals surface area contributed by atoms with Crippen molar-refractivity contribution in [2.24, 2.45) is 0 Å². The average molecular weight is 496 g/mol. The molecule has 0 aliphatic carbocycles. The summed E-state index contributed by atoms with van der Waals surface area (Å²) in [6, 6.07) is 21.1. The molecule has 0 spiro atoms. The van der Waals surface area contributed by atoms with Crippen molar-refractivity contribution >= 4 is 37.9 Å². The van der Waals surface area contributed by atoms with Gasteiger partial charge in [0, 0.05) is 11.4 Å². The van der Waals surface area contributed by atoms with Gasteiger partial charge in [0.15, 0.2) is 9.84 Å². The van der Waals surface area contributed by atoms with Gasteiger partial charge in [0.1, 0.15) is 16.7 Å². The standard InChI is InChI=1S/C26H25NO5S2/c1-3-32-22-15-10-18-7-4-5-8-21(18)25(22)26(28)27-17-24(23-9-6-16-33-23)34(29,30)20-13-11-19(31-2)12-14-20/h4-16,24H,3,17H2,1-2H3,(H,27,28)/t24-/m1/s1. The lowest BCUT2D eigenvalue weighted by Gasteiger charge is -2.19. The number of carbonyl (C=O) groups excluding carboxylic acids is 1. The van der Waals surface area contributed by atoms with Gasteiger partial charge in [0.05, 0.1) is 24.2 Å². The molecular weight excluding hydrogens is 470 g/mol. The lowest BCUT2D eigenvalue weighted by atomic mass is 10.0. The van der Waals surface area contributed by atoms with Crippen LogP contribution in [0, 0.1) is 0 Å². The second-order valence-electron chi connectivity index (χ2n) is 7.53. The third-order valence-electron chi connectivity index (χ3n) is 5.49. The number of methoxy groups -OCH3 is 1. The van der Waals surface area contributed by atoms with E-state index in [1.54, 1.807) is 30.3 Å². The van der Waals surface area contributed by atoms with Gasteiger partial charge in [-0.3, -0.25) is 4.79 Å². The highest BCUT2D eigenvalue weighted by atomic mass is 32.2. The fraction of sp³-hybridized carbons (Fsp3) is 0.192. The molecule has 0 radical (unpaired) electrons. The molecule has 34 heavy (non-hydrogen) atoms. The first-order valence-electron chi connectivity index (χ1n) is 10.8. The maximum atomic E-state index is 13.6. The molecule has 1 heterocycles. The highest BCUT2D eigenvalue weighted by Gasteiger charge is 2.31. The lowest BCUT2D eigenvalue weighted by Crippen LogP contribution is -2.32. The SMILES string of the molecule is CCOc1ccc2ccccc2c1C(=O)NC[C@H](c1cccs1)S(=O)(=O)c1ccc(OC)cc1. The minimum absolute atomic E-state index is 0.0809. The maximum Gasteiger partial charge on any atom is 0.255 e. The number of benzene rings is 3. The Morgan fingerprint density at radius 2 is 1.76 bits per heavy atom. The average Bonchev–Trinajstić information content (AvgIpc) is 3.38. The van der Waals surface area contributed by atoms with Crippen molar-refractivity contribution in [1.82, 2.24) is 5.32 Å². The normalized spacial score (nSPS) is 12.3. The van der Waals surface area contributed by atoms with Crippen molar-refractivity contribution in [3.05, 3.63) is 88.6 Å². The minimum Gasteiger partial charge on any atom is -0.497 e. The second kappa shape index (κ2) is 10.3. The predicted octanol–water partition coefficient (Wildman–Crippen LogP) is 5.25. The van der Waals surface area contributed by atoms with E-state index < -0.39 is 15.1 Å². The van der Waals surface area contributed by atoms with Gasteiger partial charge in [-0.2, -0.15) is 0 Å². The van der Waals surface area contributed by atoms with Crippen LogP contribution in [0.1, 0.15) is 27.4 Å². The molecule has 1 atom stereocenters. The molecule has 4 rings (SSSR count). The third kappa shape index (κ3) is 4.78. The molecule has 1 aromatic heterocycles. The first kappa shape index (κ1) is 23.8. The molecule has 1 amide bonds. The van der Waals surface area contributed by atoms with Crippen molar-refractivity contribution < 1.29 is 22.7 Å². The molecule has 3 aromatic carbocycles. The largest absolute Gasteiger partial charge is 0.497 e. The lowest BCUT2D eigenvalue weighted by molar-refractivity contribution is 0.0952. The molecule has 6 nitrogen and oxygen atoms in total. The van der Waals surface area contributed by atoms with Crippen LogP contribution in [0.25, 0.3) is 10.8 Å². The molecule has 1 N–H and O–H groups in total. The minimum atomic E-state index is -3.78. The smallest absolute Gasteiger partial charge is 0.255 e. The van der Waals surface area contributed by atoms with Gasteiger partial charge < -0.3 is 14.8 Å². The highest BCUT2D eigenvalue weighted by molar-refractivity contribution is 7.91. The molecule has 0 bridgehead atoms. The zero-order chi connectivity index (χ0) is 24.1. The van der Waals surface area contributed by atoms with E-state index in [1.807, 2.05) is 42.6 Å². The van der Waals surface area contributed by atoms with Crippen LogP contribution >= 0.6 is 11.3 Å². The number of carbonyl (C=O) groups is 1.